The van der Waals surface area contributed by atoms with Crippen LogP contribution >= 0.6 is 0 Å². The number of rotatable bonds is 9. The number of likely N-dealkylation sites (tertiary alicyclic amines) is 1. The Bertz CT molecular complexity index is 1050. The van der Waals surface area contributed by atoms with Crippen molar-refractivity contribution in [3.8, 4) is 0 Å². The number of aryl methyl sites for hydroxylation is 1. The molecule has 3 atom stereocenters. The second kappa shape index (κ2) is 11.2. The van der Waals surface area contributed by atoms with Gasteiger partial charge in [-0.2, -0.15) is 0 Å². The van der Waals surface area contributed by atoms with Crippen molar-refractivity contribution >= 4 is 17.7 Å². The Morgan fingerprint density at radius 2 is 1.77 bits per heavy atom. The lowest BCUT2D eigenvalue weighted by Crippen LogP contribution is -2.46. The van der Waals surface area contributed by atoms with E-state index in [1.807, 2.05) is 49.4 Å². The maximum Gasteiger partial charge on any atom is 0.240 e. The van der Waals surface area contributed by atoms with Gasteiger partial charge in [0, 0.05) is 45.1 Å². The van der Waals surface area contributed by atoms with E-state index in [0.29, 0.717) is 19.6 Å². The maximum atomic E-state index is 13.8. The average Bonchev–Trinajstić information content (AvgIpc) is 3.10. The monoisotopic (exact) mass is 476 g/mol. The number of hydrogen-bond donors (Lipinski definition) is 1. The molecule has 0 spiro atoms. The molecule has 186 valence electrons. The lowest BCUT2D eigenvalue weighted by Gasteiger charge is -2.34. The minimum Gasteiger partial charge on any atom is -0.385 e. The van der Waals surface area contributed by atoms with E-state index < -0.39 is 5.41 Å². The van der Waals surface area contributed by atoms with Crippen molar-refractivity contribution in [2.24, 2.45) is 0 Å². The number of methoxy groups -OCH3 is 1. The van der Waals surface area contributed by atoms with E-state index in [1.54, 1.807) is 7.11 Å². The van der Waals surface area contributed by atoms with Crippen LogP contribution in [-0.2, 0) is 24.5 Å². The Morgan fingerprint density at radius 1 is 1.06 bits per heavy atom. The van der Waals surface area contributed by atoms with Gasteiger partial charge in [-0.1, -0.05) is 67.4 Å². The van der Waals surface area contributed by atoms with Crippen LogP contribution in [0.4, 0.5) is 0 Å². The van der Waals surface area contributed by atoms with E-state index in [4.69, 9.17) is 4.74 Å². The molecule has 0 bridgehead atoms. The van der Waals surface area contributed by atoms with Crippen molar-refractivity contribution in [2.75, 3.05) is 20.3 Å². The molecule has 1 saturated carbocycles. The highest BCUT2D eigenvalue weighted by Crippen LogP contribution is 2.42. The van der Waals surface area contributed by atoms with Crippen LogP contribution in [0.3, 0.4) is 0 Å². The SMILES string of the molecule is COCCCN1C(=O)C[C@](CC(=O)N[C@@H]2CCCC[C@H]2c2ccccc2)(c2ccccc2C)C1=O. The van der Waals surface area contributed by atoms with Gasteiger partial charge in [-0.25, -0.2) is 0 Å². The summed E-state index contributed by atoms with van der Waals surface area (Å²) in [6.07, 6.45) is 4.72. The van der Waals surface area contributed by atoms with E-state index in [9.17, 15) is 14.4 Å². The van der Waals surface area contributed by atoms with Gasteiger partial charge in [-0.15, -0.1) is 0 Å². The Hall–Kier alpha value is -2.99. The number of ether oxygens (including phenoxy) is 1. The molecule has 0 unspecified atom stereocenters. The number of benzene rings is 2. The van der Waals surface area contributed by atoms with Crippen LogP contribution in [0.5, 0.6) is 0 Å². The van der Waals surface area contributed by atoms with Crippen LogP contribution in [-0.4, -0.2) is 48.9 Å². The molecular weight excluding hydrogens is 440 g/mol. The summed E-state index contributed by atoms with van der Waals surface area (Å²) < 4.78 is 5.11. The molecule has 3 amide bonds. The smallest absolute Gasteiger partial charge is 0.240 e. The van der Waals surface area contributed by atoms with Crippen LogP contribution in [0.15, 0.2) is 54.6 Å². The van der Waals surface area contributed by atoms with E-state index in [0.717, 1.165) is 36.8 Å². The molecule has 0 aromatic heterocycles. The number of amides is 3. The van der Waals surface area contributed by atoms with Gasteiger partial charge in [0.1, 0.15) is 0 Å². The average molecular weight is 477 g/mol. The molecule has 0 radical (unpaired) electrons. The minimum atomic E-state index is -1.17. The summed E-state index contributed by atoms with van der Waals surface area (Å²) in [6.45, 7) is 2.71. The van der Waals surface area contributed by atoms with Crippen LogP contribution < -0.4 is 5.32 Å². The Balaban J connectivity index is 1.58. The van der Waals surface area contributed by atoms with E-state index in [-0.39, 0.29) is 42.5 Å². The molecule has 35 heavy (non-hydrogen) atoms. The van der Waals surface area contributed by atoms with E-state index >= 15 is 0 Å². The third kappa shape index (κ3) is 5.32. The second-order valence-electron chi connectivity index (χ2n) is 9.92. The van der Waals surface area contributed by atoms with E-state index in [2.05, 4.69) is 17.4 Å². The molecule has 6 heteroatoms. The molecule has 1 saturated heterocycles. The molecule has 2 aromatic carbocycles. The molecule has 6 nitrogen and oxygen atoms in total. The van der Waals surface area contributed by atoms with E-state index in [1.165, 1.54) is 10.5 Å². The van der Waals surface area contributed by atoms with Crippen molar-refractivity contribution in [2.45, 2.75) is 69.2 Å². The lowest BCUT2D eigenvalue weighted by molar-refractivity contribution is -0.141. The van der Waals surface area contributed by atoms with Crippen molar-refractivity contribution in [1.82, 2.24) is 10.2 Å². The van der Waals surface area contributed by atoms with Crippen LogP contribution in [0.1, 0.15) is 67.6 Å². The number of hydrogen-bond acceptors (Lipinski definition) is 4. The number of nitrogens with zero attached hydrogens (tertiary/aromatic N) is 1. The summed E-state index contributed by atoms with van der Waals surface area (Å²) in [5, 5.41) is 3.27. The highest BCUT2D eigenvalue weighted by Gasteiger charge is 2.54. The normalized spacial score (nSPS) is 24.6. The first-order valence-corrected chi connectivity index (χ1v) is 12.7. The first-order valence-electron chi connectivity index (χ1n) is 12.7. The highest BCUT2D eigenvalue weighted by molar-refractivity contribution is 6.11. The molecular formula is C29H36N2O4. The Kier molecular flexibility index (Phi) is 8.01. The second-order valence-corrected chi connectivity index (χ2v) is 9.92. The lowest BCUT2D eigenvalue weighted by atomic mass is 9.73. The van der Waals surface area contributed by atoms with Gasteiger partial charge in [0.2, 0.25) is 17.7 Å². The molecule has 2 fully saturated rings. The zero-order chi connectivity index (χ0) is 24.8. The van der Waals surface area contributed by atoms with Gasteiger partial charge in [0.05, 0.1) is 5.41 Å². The summed E-state index contributed by atoms with van der Waals surface area (Å²) in [7, 11) is 1.60. The van der Waals surface area contributed by atoms with Crippen molar-refractivity contribution in [1.29, 1.82) is 0 Å². The van der Waals surface area contributed by atoms with Gasteiger partial charge >= 0.3 is 0 Å². The first kappa shape index (κ1) is 25.1. The summed E-state index contributed by atoms with van der Waals surface area (Å²) in [6, 6.07) is 18.0. The van der Waals surface area contributed by atoms with Crippen molar-refractivity contribution < 1.29 is 19.1 Å². The molecule has 4 rings (SSSR count). The molecule has 1 aliphatic heterocycles. The minimum absolute atomic E-state index is 0.0177. The molecule has 2 aromatic rings. The third-order valence-corrected chi connectivity index (χ3v) is 7.60. The van der Waals surface area contributed by atoms with Gasteiger partial charge in [0.25, 0.3) is 0 Å². The van der Waals surface area contributed by atoms with Crippen LogP contribution in [0.2, 0.25) is 0 Å². The first-order chi connectivity index (χ1) is 17.0. The predicted octanol–water partition coefficient (Wildman–Crippen LogP) is 4.26. The quantitative estimate of drug-likeness (QED) is 0.433. The Morgan fingerprint density at radius 3 is 2.51 bits per heavy atom. The molecule has 1 aliphatic carbocycles. The summed E-state index contributed by atoms with van der Waals surface area (Å²) in [5.74, 6) is -0.399. The van der Waals surface area contributed by atoms with Gasteiger partial charge in [0.15, 0.2) is 0 Å². The summed E-state index contributed by atoms with van der Waals surface area (Å²) in [5.41, 5.74) is 1.75. The fraction of sp³-hybridized carbons (Fsp3) is 0.483. The number of carbonyl (C=O) groups is 3. The maximum absolute atomic E-state index is 13.8. The third-order valence-electron chi connectivity index (χ3n) is 7.60. The fourth-order valence-electron chi connectivity index (χ4n) is 5.88. The topological polar surface area (TPSA) is 75.7 Å². The summed E-state index contributed by atoms with van der Waals surface area (Å²) in [4.78, 5) is 41.7. The highest BCUT2D eigenvalue weighted by atomic mass is 16.5. The fourth-order valence-corrected chi connectivity index (χ4v) is 5.88. The zero-order valence-electron chi connectivity index (χ0n) is 20.8. The predicted molar refractivity (Wildman–Crippen MR) is 135 cm³/mol. The van der Waals surface area contributed by atoms with Crippen LogP contribution in [0, 0.1) is 6.92 Å². The van der Waals surface area contributed by atoms with Gasteiger partial charge in [-0.05, 0) is 42.9 Å². The molecule has 2 aliphatic rings. The van der Waals surface area contributed by atoms with Crippen molar-refractivity contribution in [3.63, 3.8) is 0 Å². The number of imide groups is 1. The molecule has 1 heterocycles. The Labute approximate surface area is 208 Å². The summed E-state index contributed by atoms with van der Waals surface area (Å²) >= 11 is 0. The van der Waals surface area contributed by atoms with Crippen molar-refractivity contribution in [3.05, 3.63) is 71.3 Å². The van der Waals surface area contributed by atoms with Gasteiger partial charge in [-0.3, -0.25) is 19.3 Å². The molecule has 1 N–H and O–H groups in total. The number of carbonyl (C=O) groups excluding carboxylic acids is 3. The van der Waals surface area contributed by atoms with Crippen LogP contribution in [0.25, 0.3) is 0 Å². The van der Waals surface area contributed by atoms with Gasteiger partial charge < -0.3 is 10.1 Å². The zero-order valence-corrected chi connectivity index (χ0v) is 20.8. The standard InChI is InChI=1S/C29H36N2O4/c1-21-11-6-8-15-24(21)29(20-27(33)31(28(29)34)17-10-18-35-2)19-26(32)30-25-16-9-7-14-23(25)22-12-4-3-5-13-22/h3-6,8,11-13,15,23,25H,7,9-10,14,16-20H2,1-2H3,(H,30,32)/t23-,25+,29+/m0/s1. The number of nitrogens with one attached hydrogen (secondary N) is 1. The largest absolute Gasteiger partial charge is 0.385 e.